The molecule has 26 heavy (non-hydrogen) atoms. The molecule has 2 aromatic rings. The van der Waals surface area contributed by atoms with Crippen LogP contribution in [0.3, 0.4) is 0 Å². The van der Waals surface area contributed by atoms with E-state index in [1.807, 2.05) is 29.3 Å². The first-order chi connectivity index (χ1) is 12.7. The molecule has 0 bridgehead atoms. The average Bonchev–Trinajstić information content (AvgIpc) is 3.13. The number of aryl methyl sites for hydroxylation is 1. The summed E-state index contributed by atoms with van der Waals surface area (Å²) >= 11 is 0. The first-order valence-corrected chi connectivity index (χ1v) is 9.33. The highest BCUT2D eigenvalue weighted by molar-refractivity contribution is 5.92. The molecule has 1 N–H and O–H groups in total. The lowest BCUT2D eigenvalue weighted by Crippen LogP contribution is -2.39. The van der Waals surface area contributed by atoms with Crippen LogP contribution in [0.15, 0.2) is 30.5 Å². The number of aromatic nitrogens is 2. The van der Waals surface area contributed by atoms with Gasteiger partial charge in [-0.2, -0.15) is 5.26 Å². The Kier molecular flexibility index (Phi) is 4.72. The Morgan fingerprint density at radius 2 is 2.15 bits per heavy atom. The van der Waals surface area contributed by atoms with Crippen molar-refractivity contribution in [1.82, 2.24) is 14.9 Å². The molecule has 0 spiro atoms. The molecule has 0 saturated carbocycles. The van der Waals surface area contributed by atoms with E-state index in [2.05, 4.69) is 16.0 Å². The highest BCUT2D eigenvalue weighted by Crippen LogP contribution is 2.28. The standard InChI is InChI=1S/C20H23N5O/c21-13-16-3-1-4-17(11-16)18-14-24-9-2-10-25(20(24)23-18)19(26)12-15-5-7-22-8-6-15/h1,3-4,11,14-15,22H,2,5-10,12H2. The molecule has 1 aromatic carbocycles. The summed E-state index contributed by atoms with van der Waals surface area (Å²) in [6, 6.07) is 9.62. The minimum atomic E-state index is 0.181. The van der Waals surface area contributed by atoms with Crippen molar-refractivity contribution in [3.05, 3.63) is 36.0 Å². The Morgan fingerprint density at radius 3 is 2.96 bits per heavy atom. The molecule has 4 rings (SSSR count). The number of benzene rings is 1. The number of hydrogen-bond acceptors (Lipinski definition) is 4. The van der Waals surface area contributed by atoms with Crippen molar-refractivity contribution < 1.29 is 4.79 Å². The molecule has 0 atom stereocenters. The van der Waals surface area contributed by atoms with Gasteiger partial charge >= 0.3 is 0 Å². The maximum Gasteiger partial charge on any atom is 0.229 e. The van der Waals surface area contributed by atoms with Crippen LogP contribution >= 0.6 is 0 Å². The first kappa shape index (κ1) is 16.8. The summed E-state index contributed by atoms with van der Waals surface area (Å²) < 4.78 is 2.07. The van der Waals surface area contributed by atoms with Crippen LogP contribution in [0.2, 0.25) is 0 Å². The van der Waals surface area contributed by atoms with E-state index in [9.17, 15) is 4.79 Å². The van der Waals surface area contributed by atoms with Gasteiger partial charge in [0.15, 0.2) is 0 Å². The monoisotopic (exact) mass is 349 g/mol. The van der Waals surface area contributed by atoms with Crippen LogP contribution in [0.4, 0.5) is 5.95 Å². The number of anilines is 1. The number of nitrogens with one attached hydrogen (secondary N) is 1. The van der Waals surface area contributed by atoms with Crippen molar-refractivity contribution in [2.24, 2.45) is 5.92 Å². The molecular weight excluding hydrogens is 326 g/mol. The third-order valence-corrected chi connectivity index (χ3v) is 5.29. The van der Waals surface area contributed by atoms with E-state index in [1.165, 1.54) is 0 Å². The third-order valence-electron chi connectivity index (χ3n) is 5.29. The number of carbonyl (C=O) groups is 1. The fraction of sp³-hybridized carbons (Fsp3) is 0.450. The van der Waals surface area contributed by atoms with Crippen LogP contribution in [0, 0.1) is 17.2 Å². The largest absolute Gasteiger partial charge is 0.317 e. The van der Waals surface area contributed by atoms with Gasteiger partial charge < -0.3 is 9.88 Å². The topological polar surface area (TPSA) is 74.0 Å². The van der Waals surface area contributed by atoms with Crippen LogP contribution < -0.4 is 10.2 Å². The van der Waals surface area contributed by atoms with E-state index in [0.29, 0.717) is 17.9 Å². The van der Waals surface area contributed by atoms with Crippen molar-refractivity contribution in [1.29, 1.82) is 5.26 Å². The minimum Gasteiger partial charge on any atom is -0.317 e. The van der Waals surface area contributed by atoms with Gasteiger partial charge in [0.25, 0.3) is 0 Å². The lowest BCUT2D eigenvalue weighted by Gasteiger charge is -2.29. The van der Waals surface area contributed by atoms with Crippen molar-refractivity contribution in [3.63, 3.8) is 0 Å². The van der Waals surface area contributed by atoms with Crippen LogP contribution in [0.25, 0.3) is 11.3 Å². The molecule has 3 heterocycles. The van der Waals surface area contributed by atoms with Crippen molar-refractivity contribution in [2.45, 2.75) is 32.2 Å². The number of carbonyl (C=O) groups excluding carboxylic acids is 1. The van der Waals surface area contributed by atoms with Crippen molar-refractivity contribution in [3.8, 4) is 17.3 Å². The number of fused-ring (bicyclic) bond motifs is 1. The molecule has 1 amide bonds. The van der Waals surface area contributed by atoms with Crippen molar-refractivity contribution >= 4 is 11.9 Å². The maximum absolute atomic E-state index is 12.9. The molecule has 6 nitrogen and oxygen atoms in total. The molecule has 2 aliphatic heterocycles. The Labute approximate surface area is 153 Å². The Hall–Kier alpha value is -2.65. The van der Waals surface area contributed by atoms with Gasteiger partial charge in [0.2, 0.25) is 11.9 Å². The highest BCUT2D eigenvalue weighted by Gasteiger charge is 2.27. The van der Waals surface area contributed by atoms with Gasteiger partial charge in [-0.15, -0.1) is 0 Å². The van der Waals surface area contributed by atoms with Crippen LogP contribution in [-0.2, 0) is 11.3 Å². The van der Waals surface area contributed by atoms with E-state index < -0.39 is 0 Å². The predicted octanol–water partition coefficient (Wildman–Crippen LogP) is 2.55. The summed E-state index contributed by atoms with van der Waals surface area (Å²) in [6.45, 7) is 3.62. The lowest BCUT2D eigenvalue weighted by atomic mass is 9.94. The van der Waals surface area contributed by atoms with Crippen LogP contribution in [0.5, 0.6) is 0 Å². The van der Waals surface area contributed by atoms with Gasteiger partial charge in [0.1, 0.15) is 0 Å². The lowest BCUT2D eigenvalue weighted by molar-refractivity contribution is -0.119. The molecule has 6 heteroatoms. The molecular formula is C20H23N5O. The highest BCUT2D eigenvalue weighted by atomic mass is 16.2. The number of hydrogen-bond donors (Lipinski definition) is 1. The Balaban J connectivity index is 1.57. The van der Waals surface area contributed by atoms with Crippen LogP contribution in [0.1, 0.15) is 31.2 Å². The van der Waals surface area contributed by atoms with E-state index in [-0.39, 0.29) is 5.91 Å². The molecule has 1 fully saturated rings. The number of nitrogens with zero attached hydrogens (tertiary/aromatic N) is 4. The van der Waals surface area contributed by atoms with E-state index in [0.717, 1.165) is 62.6 Å². The normalized spacial score (nSPS) is 17.6. The number of imidazole rings is 1. The summed E-state index contributed by atoms with van der Waals surface area (Å²) in [5.41, 5.74) is 2.35. The van der Waals surface area contributed by atoms with Crippen molar-refractivity contribution in [2.75, 3.05) is 24.5 Å². The summed E-state index contributed by atoms with van der Waals surface area (Å²) in [6.07, 6.45) is 5.68. The zero-order chi connectivity index (χ0) is 17.9. The van der Waals surface area contributed by atoms with Gasteiger partial charge in [0, 0.05) is 31.3 Å². The molecule has 0 radical (unpaired) electrons. The number of nitriles is 1. The van der Waals surface area contributed by atoms with E-state index in [1.54, 1.807) is 6.07 Å². The fourth-order valence-corrected chi connectivity index (χ4v) is 3.85. The molecule has 0 unspecified atom stereocenters. The molecule has 2 aliphatic rings. The zero-order valence-corrected chi connectivity index (χ0v) is 14.8. The second-order valence-electron chi connectivity index (χ2n) is 7.11. The summed E-state index contributed by atoms with van der Waals surface area (Å²) in [5, 5.41) is 12.5. The molecule has 0 aliphatic carbocycles. The summed E-state index contributed by atoms with van der Waals surface area (Å²) in [5.74, 6) is 1.40. The third kappa shape index (κ3) is 3.35. The quantitative estimate of drug-likeness (QED) is 0.924. The fourth-order valence-electron chi connectivity index (χ4n) is 3.85. The van der Waals surface area contributed by atoms with Gasteiger partial charge in [0.05, 0.1) is 17.3 Å². The Bertz CT molecular complexity index is 844. The molecule has 1 saturated heterocycles. The van der Waals surface area contributed by atoms with Crippen LogP contribution in [-0.4, -0.2) is 35.1 Å². The van der Waals surface area contributed by atoms with E-state index >= 15 is 0 Å². The van der Waals surface area contributed by atoms with Gasteiger partial charge in [-0.25, -0.2) is 4.98 Å². The predicted molar refractivity (Wildman–Crippen MR) is 99.6 cm³/mol. The zero-order valence-electron chi connectivity index (χ0n) is 14.8. The smallest absolute Gasteiger partial charge is 0.229 e. The number of piperidine rings is 1. The average molecular weight is 349 g/mol. The molecule has 1 aromatic heterocycles. The minimum absolute atomic E-state index is 0.181. The second kappa shape index (κ2) is 7.30. The van der Waals surface area contributed by atoms with Gasteiger partial charge in [-0.3, -0.25) is 9.69 Å². The van der Waals surface area contributed by atoms with Gasteiger partial charge in [-0.1, -0.05) is 12.1 Å². The van der Waals surface area contributed by atoms with E-state index in [4.69, 9.17) is 10.2 Å². The summed E-state index contributed by atoms with van der Waals surface area (Å²) in [7, 11) is 0. The number of rotatable bonds is 3. The Morgan fingerprint density at radius 1 is 1.31 bits per heavy atom. The maximum atomic E-state index is 12.9. The SMILES string of the molecule is N#Cc1cccc(-c2cn3c(n2)N(C(=O)CC2CCNCC2)CCC3)c1. The van der Waals surface area contributed by atoms with Gasteiger partial charge in [-0.05, 0) is 50.4 Å². The first-order valence-electron chi connectivity index (χ1n) is 9.33. The summed E-state index contributed by atoms with van der Waals surface area (Å²) in [4.78, 5) is 19.5. The second-order valence-corrected chi connectivity index (χ2v) is 7.11. The molecule has 134 valence electrons. The number of amides is 1.